The minimum atomic E-state index is 0.0937. The largest absolute Gasteiger partial charge is 0.457 e. The van der Waals surface area contributed by atoms with Gasteiger partial charge in [-0.1, -0.05) is 54.1 Å². The second-order valence-corrected chi connectivity index (χ2v) is 9.10. The van der Waals surface area contributed by atoms with Crippen LogP contribution in [0.25, 0.3) is 0 Å². The summed E-state index contributed by atoms with van der Waals surface area (Å²) >= 11 is 5.92. The van der Waals surface area contributed by atoms with Gasteiger partial charge in [0.05, 0.1) is 23.8 Å². The van der Waals surface area contributed by atoms with E-state index in [1.54, 1.807) is 18.3 Å². The molecule has 1 aliphatic rings. The van der Waals surface area contributed by atoms with Crippen molar-refractivity contribution in [3.63, 3.8) is 0 Å². The Morgan fingerprint density at radius 1 is 1.03 bits per heavy atom. The van der Waals surface area contributed by atoms with Crippen molar-refractivity contribution < 1.29 is 9.53 Å². The van der Waals surface area contributed by atoms with Gasteiger partial charge in [0.1, 0.15) is 17.3 Å². The number of anilines is 1. The smallest absolute Gasteiger partial charge is 0.168 e. The van der Waals surface area contributed by atoms with Crippen molar-refractivity contribution in [1.29, 1.82) is 0 Å². The summed E-state index contributed by atoms with van der Waals surface area (Å²) in [7, 11) is 0. The Balaban J connectivity index is 1.23. The van der Waals surface area contributed by atoms with Gasteiger partial charge in [0, 0.05) is 11.4 Å². The molecule has 0 spiro atoms. The molecule has 3 aromatic carbocycles. The average Bonchev–Trinajstić information content (AvgIpc) is 3.30. The molecule has 0 saturated carbocycles. The number of nitrogens with one attached hydrogen (secondary N) is 1. The van der Waals surface area contributed by atoms with Gasteiger partial charge >= 0.3 is 0 Å². The van der Waals surface area contributed by atoms with Crippen LogP contribution in [0.5, 0.6) is 11.5 Å². The van der Waals surface area contributed by atoms with Crippen LogP contribution in [-0.4, -0.2) is 15.6 Å². The Morgan fingerprint density at radius 2 is 1.71 bits per heavy atom. The Kier molecular flexibility index (Phi) is 6.37. The van der Waals surface area contributed by atoms with Crippen molar-refractivity contribution in [1.82, 2.24) is 9.78 Å². The van der Waals surface area contributed by atoms with E-state index in [1.165, 1.54) is 5.56 Å². The SMILES string of the molecule is CC1CC(c2ccccc2)Nc2c(C(=O)CCc3ccc(Oc4ccc(Cl)cc4)cc3)cnn21. The van der Waals surface area contributed by atoms with Gasteiger partial charge in [-0.05, 0) is 67.3 Å². The second kappa shape index (κ2) is 9.74. The van der Waals surface area contributed by atoms with Crippen LogP contribution in [0.3, 0.4) is 0 Å². The molecule has 0 radical (unpaired) electrons. The molecule has 34 heavy (non-hydrogen) atoms. The van der Waals surface area contributed by atoms with Gasteiger partial charge < -0.3 is 10.1 Å². The molecule has 1 aliphatic heterocycles. The third-order valence-corrected chi connectivity index (χ3v) is 6.47. The number of hydrogen-bond acceptors (Lipinski definition) is 4. The lowest BCUT2D eigenvalue weighted by Crippen LogP contribution is -2.26. The maximum Gasteiger partial charge on any atom is 0.168 e. The number of ketones is 1. The highest BCUT2D eigenvalue weighted by molar-refractivity contribution is 6.30. The highest BCUT2D eigenvalue weighted by Gasteiger charge is 2.29. The molecular formula is C28H26ClN3O2. The highest BCUT2D eigenvalue weighted by atomic mass is 35.5. The summed E-state index contributed by atoms with van der Waals surface area (Å²) < 4.78 is 7.79. The van der Waals surface area contributed by atoms with Crippen molar-refractivity contribution >= 4 is 23.2 Å². The maximum atomic E-state index is 13.1. The minimum absolute atomic E-state index is 0.0937. The van der Waals surface area contributed by atoms with Gasteiger partial charge in [-0.3, -0.25) is 4.79 Å². The van der Waals surface area contributed by atoms with Crippen LogP contribution >= 0.6 is 11.6 Å². The van der Waals surface area contributed by atoms with Crippen molar-refractivity contribution in [2.75, 3.05) is 5.32 Å². The predicted molar refractivity (Wildman–Crippen MR) is 135 cm³/mol. The topological polar surface area (TPSA) is 56.1 Å². The molecule has 2 atom stereocenters. The Labute approximate surface area is 204 Å². The molecule has 2 unspecified atom stereocenters. The number of nitrogens with zero attached hydrogens (tertiary/aromatic N) is 2. The standard InChI is InChI=1S/C28H26ClN3O2/c1-19-17-26(21-5-3-2-4-6-21)31-28-25(18-30-32(19)28)27(33)16-9-20-7-12-23(13-8-20)34-24-14-10-22(29)11-15-24/h2-8,10-15,18-19,26,31H,9,16-17H2,1H3. The molecule has 5 nitrogen and oxygen atoms in total. The summed E-state index contributed by atoms with van der Waals surface area (Å²) in [5, 5.41) is 8.74. The van der Waals surface area contributed by atoms with Crippen LogP contribution in [0.2, 0.25) is 5.02 Å². The van der Waals surface area contributed by atoms with E-state index in [0.29, 0.717) is 23.4 Å². The van der Waals surface area contributed by atoms with Crippen molar-refractivity contribution in [2.24, 2.45) is 0 Å². The summed E-state index contributed by atoms with van der Waals surface area (Å²) in [6, 6.07) is 25.8. The van der Waals surface area contributed by atoms with Crippen LogP contribution in [0.4, 0.5) is 5.82 Å². The fourth-order valence-corrected chi connectivity index (χ4v) is 4.50. The number of Topliss-reactive ketones (excluding diaryl/α,β-unsaturated/α-hetero) is 1. The monoisotopic (exact) mass is 471 g/mol. The first kappa shape index (κ1) is 22.2. The molecular weight excluding hydrogens is 446 g/mol. The summed E-state index contributed by atoms with van der Waals surface area (Å²) in [5.41, 5.74) is 2.97. The van der Waals surface area contributed by atoms with Gasteiger partial charge in [0.15, 0.2) is 5.78 Å². The molecule has 1 N–H and O–H groups in total. The minimum Gasteiger partial charge on any atom is -0.457 e. The van der Waals surface area contributed by atoms with E-state index in [4.69, 9.17) is 16.3 Å². The summed E-state index contributed by atoms with van der Waals surface area (Å²) in [4.78, 5) is 13.1. The lowest BCUT2D eigenvalue weighted by molar-refractivity contribution is 0.0983. The average molecular weight is 472 g/mol. The molecule has 2 heterocycles. The fraction of sp³-hybridized carbons (Fsp3) is 0.214. The van der Waals surface area contributed by atoms with E-state index < -0.39 is 0 Å². The number of aromatic nitrogens is 2. The molecule has 0 aliphatic carbocycles. The van der Waals surface area contributed by atoms with Crippen LogP contribution in [0, 0.1) is 0 Å². The van der Waals surface area contributed by atoms with Crippen LogP contribution in [0.15, 0.2) is 85.1 Å². The molecule has 4 aromatic rings. The van der Waals surface area contributed by atoms with Crippen molar-refractivity contribution in [3.8, 4) is 11.5 Å². The highest BCUT2D eigenvalue weighted by Crippen LogP contribution is 2.36. The van der Waals surface area contributed by atoms with Crippen molar-refractivity contribution in [3.05, 3.63) is 107 Å². The maximum absolute atomic E-state index is 13.1. The number of carbonyl (C=O) groups is 1. The molecule has 6 heteroatoms. The predicted octanol–water partition coefficient (Wildman–Crippen LogP) is 7.26. The lowest BCUT2D eigenvalue weighted by atomic mass is 9.97. The first-order valence-electron chi connectivity index (χ1n) is 11.5. The third-order valence-electron chi connectivity index (χ3n) is 6.22. The molecule has 5 rings (SSSR count). The quantitative estimate of drug-likeness (QED) is 0.288. The van der Waals surface area contributed by atoms with Gasteiger partial charge in [-0.25, -0.2) is 4.68 Å². The van der Waals surface area contributed by atoms with E-state index >= 15 is 0 Å². The van der Waals surface area contributed by atoms with E-state index in [2.05, 4.69) is 29.5 Å². The zero-order valence-electron chi connectivity index (χ0n) is 18.9. The number of hydrogen-bond donors (Lipinski definition) is 1. The Bertz CT molecular complexity index is 1270. The van der Waals surface area contributed by atoms with Gasteiger partial charge in [0.2, 0.25) is 0 Å². The molecule has 1 aromatic heterocycles. The summed E-state index contributed by atoms with van der Waals surface area (Å²) in [5.74, 6) is 2.39. The number of fused-ring (bicyclic) bond motifs is 1. The van der Waals surface area contributed by atoms with Gasteiger partial charge in [-0.2, -0.15) is 5.10 Å². The number of rotatable bonds is 7. The molecule has 0 saturated heterocycles. The molecule has 0 fully saturated rings. The van der Waals surface area contributed by atoms with E-state index in [0.717, 1.165) is 29.3 Å². The third kappa shape index (κ3) is 4.85. The van der Waals surface area contributed by atoms with Crippen LogP contribution in [0.1, 0.15) is 53.3 Å². The van der Waals surface area contributed by atoms with Crippen LogP contribution in [-0.2, 0) is 6.42 Å². The van der Waals surface area contributed by atoms with E-state index in [1.807, 2.05) is 59.3 Å². The number of ether oxygens (including phenoxy) is 1. The van der Waals surface area contributed by atoms with Crippen molar-refractivity contribution in [2.45, 2.75) is 38.3 Å². The van der Waals surface area contributed by atoms with E-state index in [9.17, 15) is 4.79 Å². The number of halogens is 1. The van der Waals surface area contributed by atoms with Gasteiger partial charge in [-0.15, -0.1) is 0 Å². The zero-order chi connectivity index (χ0) is 23.5. The molecule has 0 bridgehead atoms. The molecule has 0 amide bonds. The normalized spacial score (nSPS) is 17.0. The Hall–Kier alpha value is -3.57. The Morgan fingerprint density at radius 3 is 2.41 bits per heavy atom. The number of benzene rings is 3. The first-order chi connectivity index (χ1) is 16.6. The van der Waals surface area contributed by atoms with Gasteiger partial charge in [0.25, 0.3) is 0 Å². The lowest BCUT2D eigenvalue weighted by Gasteiger charge is -2.31. The summed E-state index contributed by atoms with van der Waals surface area (Å²) in [6.45, 7) is 2.15. The van der Waals surface area contributed by atoms with Crippen LogP contribution < -0.4 is 10.1 Å². The first-order valence-corrected chi connectivity index (χ1v) is 11.9. The van der Waals surface area contributed by atoms with E-state index in [-0.39, 0.29) is 17.9 Å². The number of aryl methyl sites for hydroxylation is 1. The second-order valence-electron chi connectivity index (χ2n) is 8.67. The fourth-order valence-electron chi connectivity index (χ4n) is 4.37. The zero-order valence-corrected chi connectivity index (χ0v) is 19.7. The number of carbonyl (C=O) groups excluding carboxylic acids is 1. The molecule has 172 valence electrons. The summed E-state index contributed by atoms with van der Waals surface area (Å²) in [6.07, 6.45) is 3.71.